The van der Waals surface area contributed by atoms with Crippen molar-refractivity contribution in [3.63, 3.8) is 0 Å². The first-order valence-electron chi connectivity index (χ1n) is 14.0. The van der Waals surface area contributed by atoms with E-state index in [1.165, 1.54) is 0 Å². The Balaban J connectivity index is 1.32. The number of hydrogen-bond donors (Lipinski definition) is 0. The van der Waals surface area contributed by atoms with Crippen molar-refractivity contribution in [1.82, 2.24) is 9.80 Å². The van der Waals surface area contributed by atoms with Gasteiger partial charge in [0.25, 0.3) is 5.91 Å². The Hall–Kier alpha value is -3.94. The molecule has 0 N–H and O–H groups in total. The minimum atomic E-state index is -0.516. The molecular weight excluding hydrogens is 504 g/mol. The van der Waals surface area contributed by atoms with Gasteiger partial charge in [0.15, 0.2) is 5.43 Å². The summed E-state index contributed by atoms with van der Waals surface area (Å²) in [4.78, 5) is 31.8. The molecule has 0 radical (unpaired) electrons. The van der Waals surface area contributed by atoms with E-state index >= 15 is 0 Å². The van der Waals surface area contributed by atoms with E-state index in [1.807, 2.05) is 80.6 Å². The number of rotatable bonds is 8. The van der Waals surface area contributed by atoms with Gasteiger partial charge in [0, 0.05) is 26.2 Å². The normalized spacial score (nSPS) is 17.4. The van der Waals surface area contributed by atoms with Crippen molar-refractivity contribution in [3.05, 3.63) is 111 Å². The lowest BCUT2D eigenvalue weighted by molar-refractivity contribution is 0.0353. The lowest BCUT2D eigenvalue weighted by atomic mass is 9.97. The summed E-state index contributed by atoms with van der Waals surface area (Å²) in [6, 6.07) is 20.9. The second-order valence-electron chi connectivity index (χ2n) is 10.7. The fourth-order valence-electron chi connectivity index (χ4n) is 5.63. The quantitative estimate of drug-likeness (QED) is 0.305. The number of amides is 1. The third kappa shape index (κ3) is 5.15. The van der Waals surface area contributed by atoms with E-state index in [2.05, 4.69) is 4.90 Å². The monoisotopic (exact) mass is 538 g/mol. The minimum Gasteiger partial charge on any atom is -0.489 e. The van der Waals surface area contributed by atoms with Crippen LogP contribution >= 0.6 is 0 Å². The van der Waals surface area contributed by atoms with Gasteiger partial charge in [-0.15, -0.1) is 0 Å². The van der Waals surface area contributed by atoms with Crippen LogP contribution < -0.4 is 10.2 Å². The molecule has 0 saturated carbocycles. The number of benzene rings is 3. The highest BCUT2D eigenvalue weighted by atomic mass is 16.5. The van der Waals surface area contributed by atoms with E-state index < -0.39 is 6.04 Å². The van der Waals surface area contributed by atoms with Gasteiger partial charge in [-0.25, -0.2) is 0 Å². The third-order valence-electron chi connectivity index (χ3n) is 8.00. The van der Waals surface area contributed by atoms with Crippen molar-refractivity contribution in [2.24, 2.45) is 0 Å². The Morgan fingerprint density at radius 3 is 2.38 bits per heavy atom. The Morgan fingerprint density at radius 1 is 0.900 bits per heavy atom. The number of carbonyl (C=O) groups is 1. The Kier molecular flexibility index (Phi) is 7.41. The molecule has 1 saturated heterocycles. The zero-order chi connectivity index (χ0) is 27.6. The van der Waals surface area contributed by atoms with Crippen LogP contribution in [-0.4, -0.2) is 55.1 Å². The second-order valence-corrected chi connectivity index (χ2v) is 10.7. The summed E-state index contributed by atoms with van der Waals surface area (Å²) >= 11 is 0. The highest BCUT2D eigenvalue weighted by molar-refractivity contribution is 5.99. The summed E-state index contributed by atoms with van der Waals surface area (Å²) < 4.78 is 17.6. The topological polar surface area (TPSA) is 72.2 Å². The minimum absolute atomic E-state index is 0.141. The van der Waals surface area contributed by atoms with E-state index in [0.29, 0.717) is 29.7 Å². The standard InChI is InChI=1S/C33H34N2O5/c1-22-19-27-28(20-23(22)2)40-32-29(31(27)36)30(35(33(32)37)14-6-13-34-15-17-38-18-16-34)25-9-11-26(12-10-25)39-21-24-7-4-3-5-8-24/h3-5,7-12,19-20,30H,6,13-18,21H2,1-2H3. The van der Waals surface area contributed by atoms with E-state index in [1.54, 1.807) is 4.90 Å². The van der Waals surface area contributed by atoms with Crippen LogP contribution in [0.25, 0.3) is 11.0 Å². The average molecular weight is 539 g/mol. The van der Waals surface area contributed by atoms with Crippen LogP contribution in [-0.2, 0) is 11.3 Å². The molecule has 7 heteroatoms. The summed E-state index contributed by atoms with van der Waals surface area (Å²) in [5, 5.41) is 0.512. The molecule has 0 aliphatic carbocycles. The fourth-order valence-corrected chi connectivity index (χ4v) is 5.63. The van der Waals surface area contributed by atoms with Gasteiger partial charge in [0.2, 0.25) is 5.76 Å². The van der Waals surface area contributed by atoms with E-state index in [4.69, 9.17) is 13.9 Å². The van der Waals surface area contributed by atoms with Crippen LogP contribution in [0.5, 0.6) is 5.75 Å². The first-order valence-corrected chi connectivity index (χ1v) is 14.0. The van der Waals surface area contributed by atoms with Crippen molar-refractivity contribution in [2.75, 3.05) is 39.4 Å². The molecule has 4 aromatic rings. The summed E-state index contributed by atoms with van der Waals surface area (Å²) in [5.41, 5.74) is 4.72. The van der Waals surface area contributed by atoms with Gasteiger partial charge >= 0.3 is 0 Å². The van der Waals surface area contributed by atoms with Crippen molar-refractivity contribution in [1.29, 1.82) is 0 Å². The highest BCUT2D eigenvalue weighted by Crippen LogP contribution is 2.39. The zero-order valence-electron chi connectivity index (χ0n) is 23.0. The molecule has 1 aromatic heterocycles. The maximum absolute atomic E-state index is 13.9. The molecule has 3 heterocycles. The molecule has 2 aliphatic heterocycles. The summed E-state index contributed by atoms with van der Waals surface area (Å²) in [6.07, 6.45) is 0.792. The van der Waals surface area contributed by atoms with Gasteiger partial charge in [0.05, 0.1) is 30.2 Å². The summed E-state index contributed by atoms with van der Waals surface area (Å²) in [5.74, 6) is 0.651. The molecule has 40 heavy (non-hydrogen) atoms. The van der Waals surface area contributed by atoms with E-state index in [-0.39, 0.29) is 17.1 Å². The molecule has 206 valence electrons. The number of morpholine rings is 1. The fraction of sp³-hybridized carbons (Fsp3) is 0.333. The second kappa shape index (κ2) is 11.3. The van der Waals surface area contributed by atoms with Gasteiger partial charge < -0.3 is 18.8 Å². The van der Waals surface area contributed by atoms with Crippen LogP contribution in [0.1, 0.15) is 50.8 Å². The van der Waals surface area contributed by atoms with Crippen LogP contribution in [0.3, 0.4) is 0 Å². The Bertz CT molecular complexity index is 1570. The van der Waals surface area contributed by atoms with Crippen molar-refractivity contribution in [2.45, 2.75) is 32.9 Å². The lowest BCUT2D eigenvalue weighted by Gasteiger charge is -2.29. The van der Waals surface area contributed by atoms with E-state index in [9.17, 15) is 9.59 Å². The summed E-state index contributed by atoms with van der Waals surface area (Å²) in [6.45, 7) is 9.07. The Labute approximate surface area is 233 Å². The third-order valence-corrected chi connectivity index (χ3v) is 8.00. The predicted molar refractivity (Wildman–Crippen MR) is 154 cm³/mol. The molecule has 1 atom stereocenters. The van der Waals surface area contributed by atoms with Gasteiger partial charge in [-0.3, -0.25) is 14.5 Å². The lowest BCUT2D eigenvalue weighted by Crippen LogP contribution is -2.38. The van der Waals surface area contributed by atoms with Crippen molar-refractivity contribution >= 4 is 16.9 Å². The van der Waals surface area contributed by atoms with Crippen LogP contribution in [0.4, 0.5) is 0 Å². The number of hydrogen-bond acceptors (Lipinski definition) is 6. The maximum atomic E-state index is 13.9. The number of aryl methyl sites for hydroxylation is 2. The first kappa shape index (κ1) is 26.3. The predicted octanol–water partition coefficient (Wildman–Crippen LogP) is 5.26. The van der Waals surface area contributed by atoms with Crippen LogP contribution in [0.2, 0.25) is 0 Å². The van der Waals surface area contributed by atoms with Crippen molar-refractivity contribution in [3.8, 4) is 5.75 Å². The number of fused-ring (bicyclic) bond motifs is 2. The Morgan fingerprint density at radius 2 is 1.62 bits per heavy atom. The molecule has 3 aromatic carbocycles. The number of nitrogens with zero attached hydrogens (tertiary/aromatic N) is 2. The molecule has 7 nitrogen and oxygen atoms in total. The van der Waals surface area contributed by atoms with Gasteiger partial charge in [-0.1, -0.05) is 42.5 Å². The molecule has 6 rings (SSSR count). The molecule has 0 bridgehead atoms. The largest absolute Gasteiger partial charge is 0.489 e. The van der Waals surface area contributed by atoms with E-state index in [0.717, 1.165) is 67.3 Å². The molecule has 1 unspecified atom stereocenters. The smallest absolute Gasteiger partial charge is 0.290 e. The average Bonchev–Trinajstić information content (AvgIpc) is 3.26. The van der Waals surface area contributed by atoms with Crippen molar-refractivity contribution < 1.29 is 18.7 Å². The number of carbonyl (C=O) groups excluding carboxylic acids is 1. The highest BCUT2D eigenvalue weighted by Gasteiger charge is 2.42. The molecule has 0 spiro atoms. The molecule has 1 amide bonds. The first-order chi connectivity index (χ1) is 19.5. The SMILES string of the molecule is Cc1cc2oc3c(c(=O)c2cc1C)C(c1ccc(OCc2ccccc2)cc1)N(CCCN1CCOCC1)C3=O. The van der Waals surface area contributed by atoms with Gasteiger partial charge in [-0.05, 0) is 66.8 Å². The van der Waals surface area contributed by atoms with Gasteiger partial charge in [0.1, 0.15) is 17.9 Å². The molecular formula is C33H34N2O5. The number of ether oxygens (including phenoxy) is 2. The van der Waals surface area contributed by atoms with Gasteiger partial charge in [-0.2, -0.15) is 0 Å². The van der Waals surface area contributed by atoms with Crippen LogP contribution in [0, 0.1) is 13.8 Å². The summed E-state index contributed by atoms with van der Waals surface area (Å²) in [7, 11) is 0. The molecule has 1 fully saturated rings. The maximum Gasteiger partial charge on any atom is 0.290 e. The zero-order valence-corrected chi connectivity index (χ0v) is 23.0. The molecule has 2 aliphatic rings. The van der Waals surface area contributed by atoms with Crippen LogP contribution in [0.15, 0.2) is 75.9 Å².